The SMILES string of the molecule is COc1ccc2c(c1)/C(=C/C=C/C1=Nc3ncc(-c4ccccc4)cc3C1(C)C)C=CN2CCC[N+](C)(C)C. The molecule has 5 rings (SSSR count). The number of quaternary nitrogens is 1. The van der Waals surface area contributed by atoms with E-state index in [1.807, 2.05) is 18.3 Å². The van der Waals surface area contributed by atoms with Crippen molar-refractivity contribution in [2.75, 3.05) is 46.2 Å². The summed E-state index contributed by atoms with van der Waals surface area (Å²) >= 11 is 0. The zero-order chi connectivity index (χ0) is 27.6. The van der Waals surface area contributed by atoms with Crippen LogP contribution in [0, 0.1) is 0 Å². The Morgan fingerprint density at radius 1 is 1.00 bits per heavy atom. The fraction of sp³-hybridized carbons (Fsp3) is 0.294. The molecule has 39 heavy (non-hydrogen) atoms. The molecule has 1 aromatic heterocycles. The summed E-state index contributed by atoms with van der Waals surface area (Å²) in [7, 11) is 8.44. The summed E-state index contributed by atoms with van der Waals surface area (Å²) < 4.78 is 6.53. The van der Waals surface area contributed by atoms with Crippen LogP contribution in [0.4, 0.5) is 11.5 Å². The molecule has 3 heterocycles. The molecule has 0 spiro atoms. The van der Waals surface area contributed by atoms with Crippen molar-refractivity contribution in [3.8, 4) is 16.9 Å². The van der Waals surface area contributed by atoms with E-state index in [9.17, 15) is 0 Å². The highest BCUT2D eigenvalue weighted by molar-refractivity contribution is 6.08. The molecule has 0 amide bonds. The molecule has 2 aliphatic heterocycles. The third kappa shape index (κ3) is 5.74. The first-order chi connectivity index (χ1) is 18.7. The Labute approximate surface area is 233 Å². The number of ether oxygens (including phenoxy) is 1. The predicted molar refractivity (Wildman–Crippen MR) is 164 cm³/mol. The van der Waals surface area contributed by atoms with Crippen LogP contribution in [-0.2, 0) is 5.41 Å². The third-order valence-electron chi connectivity index (χ3n) is 7.53. The Morgan fingerprint density at radius 2 is 1.79 bits per heavy atom. The first-order valence-corrected chi connectivity index (χ1v) is 13.6. The topological polar surface area (TPSA) is 37.7 Å². The third-order valence-corrected chi connectivity index (χ3v) is 7.53. The molecule has 2 aliphatic rings. The summed E-state index contributed by atoms with van der Waals surface area (Å²) in [4.78, 5) is 12.0. The largest absolute Gasteiger partial charge is 0.497 e. The highest BCUT2D eigenvalue weighted by Crippen LogP contribution is 2.41. The van der Waals surface area contributed by atoms with Gasteiger partial charge >= 0.3 is 0 Å². The van der Waals surface area contributed by atoms with Crippen LogP contribution in [0.1, 0.15) is 31.4 Å². The molecule has 0 saturated carbocycles. The van der Waals surface area contributed by atoms with Crippen molar-refractivity contribution in [3.63, 3.8) is 0 Å². The monoisotopic (exact) mass is 519 g/mol. The molecule has 3 aromatic rings. The summed E-state index contributed by atoms with van der Waals surface area (Å²) in [5.41, 5.74) is 7.78. The number of allylic oxidation sites excluding steroid dienone is 5. The predicted octanol–water partition coefficient (Wildman–Crippen LogP) is 7.19. The number of aromatic nitrogens is 1. The van der Waals surface area contributed by atoms with Crippen LogP contribution in [0.2, 0.25) is 0 Å². The average Bonchev–Trinajstić information content (AvgIpc) is 3.18. The van der Waals surface area contributed by atoms with E-state index in [0.717, 1.165) is 58.0 Å². The first-order valence-electron chi connectivity index (χ1n) is 13.6. The number of hydrogen-bond donors (Lipinski definition) is 0. The van der Waals surface area contributed by atoms with Gasteiger partial charge in [-0.3, -0.25) is 0 Å². The molecular weight excluding hydrogens is 480 g/mol. The van der Waals surface area contributed by atoms with Gasteiger partial charge in [0.15, 0.2) is 5.82 Å². The Hall–Kier alpha value is -3.96. The van der Waals surface area contributed by atoms with Crippen LogP contribution in [-0.4, -0.2) is 56.5 Å². The van der Waals surface area contributed by atoms with Crippen LogP contribution in [0.5, 0.6) is 5.75 Å². The fourth-order valence-corrected chi connectivity index (χ4v) is 5.20. The molecule has 200 valence electrons. The second-order valence-electron chi connectivity index (χ2n) is 11.8. The van der Waals surface area contributed by atoms with Gasteiger partial charge in [0.2, 0.25) is 0 Å². The van der Waals surface area contributed by atoms with Gasteiger partial charge in [0.25, 0.3) is 0 Å². The Kier molecular flexibility index (Phi) is 7.28. The lowest BCUT2D eigenvalue weighted by Crippen LogP contribution is -2.37. The number of aliphatic imine (C=N–C) groups is 1. The number of hydrogen-bond acceptors (Lipinski definition) is 4. The molecule has 0 N–H and O–H groups in total. The Balaban J connectivity index is 1.38. The van der Waals surface area contributed by atoms with Crippen molar-refractivity contribution in [3.05, 3.63) is 102 Å². The van der Waals surface area contributed by atoms with Gasteiger partial charge in [-0.2, -0.15) is 0 Å². The number of methoxy groups -OCH3 is 1. The second kappa shape index (κ2) is 10.7. The summed E-state index contributed by atoms with van der Waals surface area (Å²) in [6, 6.07) is 19.0. The van der Waals surface area contributed by atoms with Crippen molar-refractivity contribution in [2.24, 2.45) is 4.99 Å². The minimum absolute atomic E-state index is 0.228. The van der Waals surface area contributed by atoms with E-state index in [-0.39, 0.29) is 5.41 Å². The van der Waals surface area contributed by atoms with Crippen molar-refractivity contribution in [1.82, 2.24) is 4.98 Å². The summed E-state index contributed by atoms with van der Waals surface area (Å²) in [5.74, 6) is 1.67. The second-order valence-corrected chi connectivity index (χ2v) is 11.8. The smallest absolute Gasteiger partial charge is 0.156 e. The summed E-state index contributed by atoms with van der Waals surface area (Å²) in [5, 5.41) is 0. The number of fused-ring (bicyclic) bond motifs is 2. The molecule has 0 saturated heterocycles. The van der Waals surface area contributed by atoms with E-state index < -0.39 is 0 Å². The Bertz CT molecular complexity index is 1470. The van der Waals surface area contributed by atoms with Crippen molar-refractivity contribution >= 4 is 22.8 Å². The van der Waals surface area contributed by atoms with Gasteiger partial charge in [-0.1, -0.05) is 56.3 Å². The van der Waals surface area contributed by atoms with Crippen LogP contribution in [0.25, 0.3) is 16.7 Å². The molecule has 5 nitrogen and oxygen atoms in total. The number of anilines is 1. The lowest BCUT2D eigenvalue weighted by Gasteiger charge is -2.30. The van der Waals surface area contributed by atoms with Gasteiger partial charge in [-0.05, 0) is 47.6 Å². The van der Waals surface area contributed by atoms with Gasteiger partial charge in [0.05, 0.1) is 40.5 Å². The van der Waals surface area contributed by atoms with Crippen LogP contribution in [0.3, 0.4) is 0 Å². The molecule has 2 aromatic carbocycles. The van der Waals surface area contributed by atoms with Gasteiger partial charge < -0.3 is 14.1 Å². The standard InChI is InChI=1S/C34H39N4O/c1-34(2)30-22-27(25-12-8-7-9-13-25)24-35-33(30)36-32(34)15-10-14-26-18-20-37(19-11-21-38(3,4)5)31-17-16-28(39-6)23-29(26)31/h7-10,12-18,20,22-24H,11,19,21H2,1-6H3/q+1/b15-10+,26-14+. The van der Waals surface area contributed by atoms with Gasteiger partial charge in [0.1, 0.15) is 5.75 Å². The maximum atomic E-state index is 5.56. The van der Waals surface area contributed by atoms with Gasteiger partial charge in [0, 0.05) is 53.2 Å². The van der Waals surface area contributed by atoms with E-state index in [1.165, 1.54) is 16.8 Å². The molecule has 0 unspecified atom stereocenters. The lowest BCUT2D eigenvalue weighted by atomic mass is 9.81. The van der Waals surface area contributed by atoms with E-state index in [1.54, 1.807) is 7.11 Å². The van der Waals surface area contributed by atoms with Crippen molar-refractivity contribution in [1.29, 1.82) is 0 Å². The zero-order valence-corrected chi connectivity index (χ0v) is 24.0. The number of benzene rings is 2. The fourth-order valence-electron chi connectivity index (χ4n) is 5.20. The zero-order valence-electron chi connectivity index (χ0n) is 24.0. The summed E-state index contributed by atoms with van der Waals surface area (Å²) in [6.07, 6.45) is 13.8. The minimum atomic E-state index is -0.228. The van der Waals surface area contributed by atoms with E-state index in [4.69, 9.17) is 14.7 Å². The maximum absolute atomic E-state index is 5.56. The molecule has 5 heteroatoms. The van der Waals surface area contributed by atoms with Crippen molar-refractivity contribution < 1.29 is 9.22 Å². The summed E-state index contributed by atoms with van der Waals surface area (Å²) in [6.45, 7) is 6.56. The highest BCUT2D eigenvalue weighted by Gasteiger charge is 2.34. The van der Waals surface area contributed by atoms with E-state index in [0.29, 0.717) is 0 Å². The first kappa shape index (κ1) is 26.6. The highest BCUT2D eigenvalue weighted by atomic mass is 16.5. The van der Waals surface area contributed by atoms with E-state index in [2.05, 4.69) is 113 Å². The average molecular weight is 520 g/mol. The number of nitrogens with zero attached hydrogens (tertiary/aromatic N) is 4. The van der Waals surface area contributed by atoms with Crippen LogP contribution >= 0.6 is 0 Å². The molecule has 0 bridgehead atoms. The Morgan fingerprint density at radius 3 is 2.54 bits per heavy atom. The molecule has 0 radical (unpaired) electrons. The number of rotatable bonds is 8. The quantitative estimate of drug-likeness (QED) is 0.296. The lowest BCUT2D eigenvalue weighted by molar-refractivity contribution is -0.870. The molecule has 0 aliphatic carbocycles. The van der Waals surface area contributed by atoms with Gasteiger partial charge in [-0.25, -0.2) is 9.98 Å². The van der Waals surface area contributed by atoms with E-state index >= 15 is 0 Å². The van der Waals surface area contributed by atoms with Crippen LogP contribution in [0.15, 0.2) is 96.3 Å². The maximum Gasteiger partial charge on any atom is 0.156 e. The van der Waals surface area contributed by atoms with Crippen molar-refractivity contribution in [2.45, 2.75) is 25.7 Å². The number of pyridine rings is 1. The molecular formula is C34H39N4O+. The normalized spacial score (nSPS) is 16.9. The van der Waals surface area contributed by atoms with Gasteiger partial charge in [-0.15, -0.1) is 0 Å². The minimum Gasteiger partial charge on any atom is -0.497 e. The molecule has 0 atom stereocenters. The van der Waals surface area contributed by atoms with Crippen LogP contribution < -0.4 is 9.64 Å². The molecule has 0 fully saturated rings.